The van der Waals surface area contributed by atoms with Gasteiger partial charge < -0.3 is 10.3 Å². The highest BCUT2D eigenvalue weighted by Gasteiger charge is 2.24. The lowest BCUT2D eigenvalue weighted by Gasteiger charge is -2.10. The summed E-state index contributed by atoms with van der Waals surface area (Å²) < 4.78 is 25.2. The van der Waals surface area contributed by atoms with Gasteiger partial charge in [0, 0.05) is 17.5 Å². The van der Waals surface area contributed by atoms with E-state index in [1.807, 2.05) is 0 Å². The third-order valence-electron chi connectivity index (χ3n) is 3.32. The lowest BCUT2D eigenvalue weighted by Crippen LogP contribution is -2.27. The van der Waals surface area contributed by atoms with E-state index in [4.69, 9.17) is 0 Å². The second-order valence-electron chi connectivity index (χ2n) is 5.40. The smallest absolute Gasteiger partial charge is 0.268 e. The van der Waals surface area contributed by atoms with Crippen molar-refractivity contribution in [2.45, 2.75) is 18.9 Å². The number of carbonyl (C=O) groups excluding carboxylic acids is 1. The Bertz CT molecular complexity index is 913. The molecule has 1 fully saturated rings. The van der Waals surface area contributed by atoms with Crippen LogP contribution in [0.25, 0.3) is 10.9 Å². The Morgan fingerprint density at radius 1 is 1.32 bits per heavy atom. The number of pyridine rings is 1. The van der Waals surface area contributed by atoms with E-state index >= 15 is 0 Å². The number of aromatic nitrogens is 1. The Kier molecular flexibility index (Phi) is 3.40. The molecular formula is C14H15N3O4S. The van der Waals surface area contributed by atoms with Gasteiger partial charge >= 0.3 is 0 Å². The molecule has 0 bridgehead atoms. The minimum Gasteiger partial charge on any atom is -0.349 e. The summed E-state index contributed by atoms with van der Waals surface area (Å²) in [7, 11) is -3.50. The normalized spacial score (nSPS) is 14.8. The molecule has 7 nitrogen and oxygen atoms in total. The van der Waals surface area contributed by atoms with Crippen molar-refractivity contribution in [3.05, 3.63) is 40.2 Å². The molecule has 1 aliphatic carbocycles. The number of hydrogen-bond acceptors (Lipinski definition) is 4. The van der Waals surface area contributed by atoms with Crippen molar-refractivity contribution >= 4 is 32.5 Å². The molecule has 1 heterocycles. The number of aromatic amines is 1. The van der Waals surface area contributed by atoms with E-state index < -0.39 is 10.0 Å². The van der Waals surface area contributed by atoms with Crippen LogP contribution in [0.2, 0.25) is 0 Å². The Labute approximate surface area is 126 Å². The van der Waals surface area contributed by atoms with E-state index in [0.717, 1.165) is 19.1 Å². The predicted molar refractivity (Wildman–Crippen MR) is 83.5 cm³/mol. The Hall–Kier alpha value is -2.35. The first-order valence-electron chi connectivity index (χ1n) is 6.78. The molecule has 0 atom stereocenters. The molecule has 1 aliphatic rings. The zero-order valence-electron chi connectivity index (χ0n) is 11.8. The largest absolute Gasteiger partial charge is 0.349 e. The number of benzene rings is 1. The van der Waals surface area contributed by atoms with E-state index in [1.54, 1.807) is 12.1 Å². The van der Waals surface area contributed by atoms with E-state index in [2.05, 4.69) is 15.0 Å². The van der Waals surface area contributed by atoms with Gasteiger partial charge in [-0.05, 0) is 25.0 Å². The first-order valence-corrected chi connectivity index (χ1v) is 8.67. The highest BCUT2D eigenvalue weighted by atomic mass is 32.2. The van der Waals surface area contributed by atoms with Gasteiger partial charge in [-0.15, -0.1) is 0 Å². The number of fused-ring (bicyclic) bond motifs is 1. The van der Waals surface area contributed by atoms with Gasteiger partial charge in [0.25, 0.3) is 5.91 Å². The van der Waals surface area contributed by atoms with Crippen LogP contribution in [-0.4, -0.2) is 31.6 Å². The molecule has 8 heteroatoms. The molecule has 0 aliphatic heterocycles. The van der Waals surface area contributed by atoms with Crippen LogP contribution in [-0.2, 0) is 10.0 Å². The van der Waals surface area contributed by atoms with Crippen molar-refractivity contribution in [1.29, 1.82) is 0 Å². The number of amides is 1. The molecule has 1 saturated carbocycles. The zero-order valence-corrected chi connectivity index (χ0v) is 12.7. The molecule has 3 N–H and O–H groups in total. The molecule has 116 valence electrons. The maximum absolute atomic E-state index is 12.1. The highest BCUT2D eigenvalue weighted by molar-refractivity contribution is 7.92. The lowest BCUT2D eigenvalue weighted by molar-refractivity contribution is 0.0946. The number of H-pyrrole nitrogens is 1. The van der Waals surface area contributed by atoms with Crippen molar-refractivity contribution in [1.82, 2.24) is 10.3 Å². The Morgan fingerprint density at radius 3 is 2.68 bits per heavy atom. The molecule has 22 heavy (non-hydrogen) atoms. The van der Waals surface area contributed by atoms with E-state index in [-0.39, 0.29) is 28.8 Å². The van der Waals surface area contributed by atoms with E-state index in [0.29, 0.717) is 10.9 Å². The van der Waals surface area contributed by atoms with Gasteiger partial charge in [-0.3, -0.25) is 14.3 Å². The summed E-state index contributed by atoms with van der Waals surface area (Å²) in [6.07, 6.45) is 2.89. The first-order chi connectivity index (χ1) is 10.3. The van der Waals surface area contributed by atoms with Crippen LogP contribution < -0.4 is 15.5 Å². The fourth-order valence-electron chi connectivity index (χ4n) is 2.17. The van der Waals surface area contributed by atoms with Crippen molar-refractivity contribution in [2.24, 2.45) is 0 Å². The summed E-state index contributed by atoms with van der Waals surface area (Å²) in [5.41, 5.74) is 0.304. The van der Waals surface area contributed by atoms with Crippen LogP contribution in [0.3, 0.4) is 0 Å². The molecule has 0 spiro atoms. The van der Waals surface area contributed by atoms with Crippen molar-refractivity contribution in [3.63, 3.8) is 0 Å². The predicted octanol–water partition coefficient (Wildman–Crippen LogP) is 0.792. The minimum absolute atomic E-state index is 0.118. The highest BCUT2D eigenvalue weighted by Crippen LogP contribution is 2.21. The van der Waals surface area contributed by atoms with Crippen molar-refractivity contribution in [3.8, 4) is 0 Å². The summed E-state index contributed by atoms with van der Waals surface area (Å²) in [5, 5.41) is 3.10. The molecule has 1 amide bonds. The fraction of sp³-hybridized carbons (Fsp3) is 0.286. The second-order valence-corrected chi connectivity index (χ2v) is 7.15. The van der Waals surface area contributed by atoms with Crippen LogP contribution in [0.4, 0.5) is 5.69 Å². The quantitative estimate of drug-likeness (QED) is 0.773. The minimum atomic E-state index is -3.50. The summed E-state index contributed by atoms with van der Waals surface area (Å²) in [6.45, 7) is 0. The molecule has 1 aromatic heterocycles. The molecule has 0 saturated heterocycles. The van der Waals surface area contributed by atoms with Crippen molar-refractivity contribution < 1.29 is 13.2 Å². The first kappa shape index (κ1) is 14.6. The van der Waals surface area contributed by atoms with Gasteiger partial charge in [-0.2, -0.15) is 0 Å². The molecule has 0 unspecified atom stereocenters. The number of sulfonamides is 1. The molecule has 1 aromatic carbocycles. The Morgan fingerprint density at radius 2 is 2.05 bits per heavy atom. The fourth-order valence-corrected chi connectivity index (χ4v) is 2.74. The van der Waals surface area contributed by atoms with Crippen molar-refractivity contribution in [2.75, 3.05) is 11.0 Å². The number of hydrogen-bond donors (Lipinski definition) is 3. The van der Waals surface area contributed by atoms with Gasteiger partial charge in [-0.1, -0.05) is 6.07 Å². The average molecular weight is 321 g/mol. The van der Waals surface area contributed by atoms with Gasteiger partial charge in [0.15, 0.2) is 5.43 Å². The number of rotatable bonds is 4. The topological polar surface area (TPSA) is 108 Å². The standard InChI is InChI=1S/C14H15N3O4S/c1-22(20,21)17-10-4-2-3-9-12(18)7-11(16-13(9)10)14(19)15-8-5-6-8/h2-4,7-8,17H,5-6H2,1H3,(H,15,19)(H,16,18). The number of carbonyl (C=O) groups is 1. The van der Waals surface area contributed by atoms with E-state index in [9.17, 15) is 18.0 Å². The van der Waals surface area contributed by atoms with Gasteiger partial charge in [0.2, 0.25) is 10.0 Å². The van der Waals surface area contributed by atoms with Crippen LogP contribution in [0.15, 0.2) is 29.1 Å². The third kappa shape index (κ3) is 3.11. The van der Waals surface area contributed by atoms with Crippen LogP contribution in [0.1, 0.15) is 23.3 Å². The van der Waals surface area contributed by atoms with Gasteiger partial charge in [-0.25, -0.2) is 8.42 Å². The van der Waals surface area contributed by atoms with Crippen LogP contribution in [0.5, 0.6) is 0 Å². The zero-order chi connectivity index (χ0) is 15.9. The molecule has 0 radical (unpaired) electrons. The summed E-state index contributed by atoms with van der Waals surface area (Å²) in [5.74, 6) is -0.365. The van der Waals surface area contributed by atoms with Gasteiger partial charge in [0.05, 0.1) is 17.5 Å². The summed E-state index contributed by atoms with van der Waals surface area (Å²) >= 11 is 0. The SMILES string of the molecule is CS(=O)(=O)Nc1cccc2c(=O)cc(C(=O)NC3CC3)[nH]c12. The maximum Gasteiger partial charge on any atom is 0.268 e. The summed E-state index contributed by atoms with van der Waals surface area (Å²) in [6, 6.07) is 6.07. The number of nitrogens with one attached hydrogen (secondary N) is 3. The number of para-hydroxylation sites is 1. The monoisotopic (exact) mass is 321 g/mol. The van der Waals surface area contributed by atoms with Crippen LogP contribution >= 0.6 is 0 Å². The molecular weight excluding hydrogens is 306 g/mol. The average Bonchev–Trinajstić information content (AvgIpc) is 3.21. The molecule has 3 rings (SSSR count). The second kappa shape index (κ2) is 5.13. The van der Waals surface area contributed by atoms with E-state index in [1.165, 1.54) is 12.1 Å². The Balaban J connectivity index is 2.11. The van der Waals surface area contributed by atoms with Gasteiger partial charge in [0.1, 0.15) is 5.69 Å². The lowest BCUT2D eigenvalue weighted by atomic mass is 10.1. The summed E-state index contributed by atoms with van der Waals surface area (Å²) in [4.78, 5) is 27.1. The molecule has 2 aromatic rings. The number of anilines is 1. The maximum atomic E-state index is 12.1. The third-order valence-corrected chi connectivity index (χ3v) is 3.91. The van der Waals surface area contributed by atoms with Crippen LogP contribution in [0, 0.1) is 0 Å².